The molecular formula is C14H22N2O6P+. The predicted molar refractivity (Wildman–Crippen MR) is 83.4 cm³/mol. The Morgan fingerprint density at radius 2 is 2.22 bits per heavy atom. The molecule has 0 saturated carbocycles. The molecule has 1 aliphatic rings. The molecule has 1 rings (SSSR count). The van der Waals surface area contributed by atoms with Crippen LogP contribution in [0.5, 0.6) is 0 Å². The molecule has 1 aliphatic heterocycles. The minimum Gasteiger partial charge on any atom is -0.372 e. The van der Waals surface area contributed by atoms with Gasteiger partial charge in [-0.15, -0.1) is 0 Å². The SMILES string of the molecule is CNC(=O)/C=C\N(C=O)C1CC(OC(C)C)C(/C=C/[P+](=O)O)O1. The molecule has 1 fully saturated rings. The Balaban J connectivity index is 2.83. The van der Waals surface area contributed by atoms with Crippen LogP contribution in [0, 0.1) is 0 Å². The van der Waals surface area contributed by atoms with Gasteiger partial charge >= 0.3 is 8.03 Å². The molecule has 4 unspecified atom stereocenters. The van der Waals surface area contributed by atoms with E-state index in [9.17, 15) is 14.2 Å². The van der Waals surface area contributed by atoms with E-state index in [1.807, 2.05) is 13.8 Å². The standard InChI is InChI=1S/C14H21N2O6P/c1-10(2)21-12-8-14(22-11(12)5-7-23(19)20)16(9-17)6-4-13(18)15-3/h4-7,9-12,14H,8H2,1-3H3,(H-,15,18,19,20)/p+1/b6-4-,7-5+. The fraction of sp³-hybridized carbons (Fsp3) is 0.571. The first-order chi connectivity index (χ1) is 10.9. The van der Waals surface area contributed by atoms with Crippen molar-refractivity contribution < 1.29 is 28.5 Å². The van der Waals surface area contributed by atoms with E-state index in [0.29, 0.717) is 12.8 Å². The van der Waals surface area contributed by atoms with Gasteiger partial charge in [-0.2, -0.15) is 4.89 Å². The van der Waals surface area contributed by atoms with Crippen molar-refractivity contribution >= 4 is 20.3 Å². The van der Waals surface area contributed by atoms with E-state index < -0.39 is 20.4 Å². The highest BCUT2D eigenvalue weighted by molar-refractivity contribution is 7.41. The number of amides is 2. The van der Waals surface area contributed by atoms with Gasteiger partial charge in [-0.25, -0.2) is 0 Å². The fourth-order valence-corrected chi connectivity index (χ4v) is 2.41. The van der Waals surface area contributed by atoms with Crippen molar-refractivity contribution in [3.63, 3.8) is 0 Å². The van der Waals surface area contributed by atoms with Crippen LogP contribution in [0.4, 0.5) is 0 Å². The van der Waals surface area contributed by atoms with E-state index in [1.165, 1.54) is 30.3 Å². The highest BCUT2D eigenvalue weighted by Crippen LogP contribution is 2.29. The van der Waals surface area contributed by atoms with E-state index in [1.54, 1.807) is 0 Å². The number of rotatable bonds is 8. The van der Waals surface area contributed by atoms with Crippen LogP contribution in [0.15, 0.2) is 24.2 Å². The molecule has 0 aromatic rings. The monoisotopic (exact) mass is 345 g/mol. The lowest BCUT2D eigenvalue weighted by Crippen LogP contribution is -2.30. The maximum absolute atomic E-state index is 11.2. The molecule has 2 N–H and O–H groups in total. The third-order valence-corrected chi connectivity index (χ3v) is 3.49. The summed E-state index contributed by atoms with van der Waals surface area (Å²) >= 11 is 0. The molecule has 0 aromatic carbocycles. The van der Waals surface area contributed by atoms with Gasteiger partial charge in [0.1, 0.15) is 12.3 Å². The Bertz CT molecular complexity index is 494. The average molecular weight is 345 g/mol. The van der Waals surface area contributed by atoms with E-state index >= 15 is 0 Å². The topological polar surface area (TPSA) is 105 Å². The molecule has 1 heterocycles. The third kappa shape index (κ3) is 6.58. The summed E-state index contributed by atoms with van der Waals surface area (Å²) in [5.74, 6) is 0.781. The van der Waals surface area contributed by atoms with Gasteiger partial charge in [0.05, 0.1) is 12.2 Å². The van der Waals surface area contributed by atoms with Crippen LogP contribution in [-0.4, -0.2) is 53.7 Å². The summed E-state index contributed by atoms with van der Waals surface area (Å²) < 4.78 is 22.2. The summed E-state index contributed by atoms with van der Waals surface area (Å²) in [7, 11) is -0.944. The van der Waals surface area contributed by atoms with Crippen LogP contribution in [0.3, 0.4) is 0 Å². The van der Waals surface area contributed by atoms with Gasteiger partial charge in [0.25, 0.3) is 0 Å². The Hall–Kier alpha value is -1.60. The Morgan fingerprint density at radius 3 is 2.74 bits per heavy atom. The van der Waals surface area contributed by atoms with Gasteiger partial charge in [-0.3, -0.25) is 14.5 Å². The van der Waals surface area contributed by atoms with Crippen molar-refractivity contribution in [1.29, 1.82) is 0 Å². The number of hydrogen-bond acceptors (Lipinski definition) is 5. The highest BCUT2D eigenvalue weighted by atomic mass is 31.1. The number of likely N-dealkylation sites (N-methyl/N-ethyl adjacent to an activating group) is 1. The molecule has 2 amide bonds. The molecule has 23 heavy (non-hydrogen) atoms. The lowest BCUT2D eigenvalue weighted by Gasteiger charge is -2.19. The van der Waals surface area contributed by atoms with Crippen LogP contribution < -0.4 is 5.32 Å². The van der Waals surface area contributed by atoms with E-state index in [0.717, 1.165) is 5.82 Å². The summed E-state index contributed by atoms with van der Waals surface area (Å²) in [5.41, 5.74) is 0. The van der Waals surface area contributed by atoms with E-state index in [4.69, 9.17) is 14.4 Å². The maximum atomic E-state index is 11.2. The summed E-state index contributed by atoms with van der Waals surface area (Å²) in [4.78, 5) is 32.5. The second kappa shape index (κ2) is 9.52. The normalized spacial score (nSPS) is 25.3. The number of nitrogens with zero attached hydrogens (tertiary/aromatic N) is 1. The van der Waals surface area contributed by atoms with Crippen molar-refractivity contribution in [1.82, 2.24) is 10.2 Å². The van der Waals surface area contributed by atoms with Crippen molar-refractivity contribution in [2.24, 2.45) is 0 Å². The van der Waals surface area contributed by atoms with Crippen molar-refractivity contribution in [2.75, 3.05) is 7.05 Å². The number of carbonyl (C=O) groups excluding carboxylic acids is 2. The van der Waals surface area contributed by atoms with E-state index in [2.05, 4.69) is 5.32 Å². The van der Waals surface area contributed by atoms with Gasteiger partial charge < -0.3 is 14.8 Å². The lowest BCUT2D eigenvalue weighted by molar-refractivity contribution is -0.125. The van der Waals surface area contributed by atoms with Crippen molar-refractivity contribution in [2.45, 2.75) is 44.8 Å². The second-order valence-electron chi connectivity index (χ2n) is 5.14. The number of nitrogens with one attached hydrogen (secondary N) is 1. The minimum atomic E-state index is -2.42. The third-order valence-electron chi connectivity index (χ3n) is 3.06. The van der Waals surface area contributed by atoms with Crippen LogP contribution in [0.1, 0.15) is 20.3 Å². The van der Waals surface area contributed by atoms with Crippen molar-refractivity contribution in [3.8, 4) is 0 Å². The van der Waals surface area contributed by atoms with Crippen LogP contribution >= 0.6 is 8.03 Å². The number of ether oxygens (including phenoxy) is 2. The molecule has 9 heteroatoms. The van der Waals surface area contributed by atoms with Crippen LogP contribution in [0.2, 0.25) is 0 Å². The first kappa shape index (κ1) is 19.4. The van der Waals surface area contributed by atoms with Gasteiger partial charge in [0, 0.05) is 25.7 Å². The molecule has 0 aliphatic carbocycles. The van der Waals surface area contributed by atoms with Gasteiger partial charge in [0.15, 0.2) is 5.82 Å². The average Bonchev–Trinajstić information content (AvgIpc) is 2.87. The van der Waals surface area contributed by atoms with Gasteiger partial charge in [-0.05, 0) is 24.5 Å². The lowest BCUT2D eigenvalue weighted by atomic mass is 10.1. The molecule has 8 nitrogen and oxygen atoms in total. The predicted octanol–water partition coefficient (Wildman–Crippen LogP) is 0.861. The highest BCUT2D eigenvalue weighted by Gasteiger charge is 2.38. The van der Waals surface area contributed by atoms with Gasteiger partial charge in [-0.1, -0.05) is 0 Å². The Labute approximate surface area is 136 Å². The van der Waals surface area contributed by atoms with Crippen molar-refractivity contribution in [3.05, 3.63) is 24.2 Å². The number of hydrogen-bond donors (Lipinski definition) is 2. The maximum Gasteiger partial charge on any atom is 0.537 e. The smallest absolute Gasteiger partial charge is 0.372 e. The zero-order valence-corrected chi connectivity index (χ0v) is 14.2. The zero-order chi connectivity index (χ0) is 17.4. The molecule has 4 atom stereocenters. The first-order valence-electron chi connectivity index (χ1n) is 7.14. The first-order valence-corrected chi connectivity index (χ1v) is 8.42. The summed E-state index contributed by atoms with van der Waals surface area (Å²) in [6.07, 6.45) is 3.33. The molecule has 0 bridgehead atoms. The quantitative estimate of drug-likeness (QED) is 0.384. The summed E-state index contributed by atoms with van der Waals surface area (Å²) in [6.45, 7) is 3.73. The minimum absolute atomic E-state index is 0.0627. The molecule has 128 valence electrons. The summed E-state index contributed by atoms with van der Waals surface area (Å²) in [6, 6.07) is 0. The molecular weight excluding hydrogens is 323 g/mol. The molecule has 0 radical (unpaired) electrons. The number of carbonyl (C=O) groups is 2. The largest absolute Gasteiger partial charge is 0.537 e. The Morgan fingerprint density at radius 1 is 1.52 bits per heavy atom. The fourth-order valence-electron chi connectivity index (χ4n) is 2.10. The molecule has 1 saturated heterocycles. The van der Waals surface area contributed by atoms with Crippen LogP contribution in [-0.2, 0) is 23.6 Å². The zero-order valence-electron chi connectivity index (χ0n) is 13.3. The summed E-state index contributed by atoms with van der Waals surface area (Å²) in [5, 5.41) is 2.41. The molecule has 0 spiro atoms. The molecule has 0 aromatic heterocycles. The van der Waals surface area contributed by atoms with Crippen LogP contribution in [0.25, 0.3) is 0 Å². The van der Waals surface area contributed by atoms with E-state index in [-0.39, 0.29) is 18.1 Å². The Kier molecular flexibility index (Phi) is 8.05. The van der Waals surface area contributed by atoms with Gasteiger partial charge in [0.2, 0.25) is 12.3 Å². The second-order valence-corrected chi connectivity index (χ2v) is 6.04.